The number of rotatable bonds is 4. The number of ether oxygens (including phenoxy) is 1. The summed E-state index contributed by atoms with van der Waals surface area (Å²) in [5.74, 6) is -0.498. The van der Waals surface area contributed by atoms with Crippen molar-refractivity contribution in [2.45, 2.75) is 6.10 Å². The minimum atomic E-state index is -1.01. The lowest BCUT2D eigenvalue weighted by atomic mass is 10.1. The smallest absolute Gasteiger partial charge is 0.349 e. The molecular weight excluding hydrogens is 296 g/mol. The number of benzene rings is 2. The van der Waals surface area contributed by atoms with Crippen LogP contribution in [0, 0.1) is 0 Å². The Hall–Kier alpha value is -1.81. The van der Waals surface area contributed by atoms with Crippen LogP contribution in [0.5, 0.6) is 5.75 Å². The first-order valence-electron chi connectivity index (χ1n) is 5.37. The SMILES string of the molecule is O=C(O)[C@@H](Oc1cccc(Br)c1)c1ccccc1. The van der Waals surface area contributed by atoms with Gasteiger partial charge in [-0.05, 0) is 18.2 Å². The lowest BCUT2D eigenvalue weighted by Crippen LogP contribution is -2.18. The fourth-order valence-corrected chi connectivity index (χ4v) is 1.94. The van der Waals surface area contributed by atoms with Gasteiger partial charge in [0.1, 0.15) is 5.75 Å². The van der Waals surface area contributed by atoms with E-state index in [4.69, 9.17) is 4.74 Å². The number of aliphatic carboxylic acids is 1. The number of hydrogen-bond acceptors (Lipinski definition) is 2. The van der Waals surface area contributed by atoms with Gasteiger partial charge >= 0.3 is 5.97 Å². The maximum absolute atomic E-state index is 11.3. The van der Waals surface area contributed by atoms with E-state index in [9.17, 15) is 9.90 Å². The molecule has 0 aromatic heterocycles. The first-order chi connectivity index (χ1) is 8.66. The van der Waals surface area contributed by atoms with Crippen molar-refractivity contribution in [3.05, 3.63) is 64.6 Å². The molecule has 18 heavy (non-hydrogen) atoms. The average molecular weight is 307 g/mol. The van der Waals surface area contributed by atoms with E-state index in [1.165, 1.54) is 0 Å². The Kier molecular flexibility index (Phi) is 3.99. The van der Waals surface area contributed by atoms with Crippen LogP contribution in [0.25, 0.3) is 0 Å². The number of carbonyl (C=O) groups is 1. The second-order valence-electron chi connectivity index (χ2n) is 3.70. The van der Waals surface area contributed by atoms with E-state index >= 15 is 0 Å². The Morgan fingerprint density at radius 2 is 1.83 bits per heavy atom. The van der Waals surface area contributed by atoms with Crippen LogP contribution in [0.15, 0.2) is 59.1 Å². The van der Waals surface area contributed by atoms with Crippen LogP contribution in [-0.4, -0.2) is 11.1 Å². The van der Waals surface area contributed by atoms with E-state index in [1.807, 2.05) is 12.1 Å². The monoisotopic (exact) mass is 306 g/mol. The third-order valence-electron chi connectivity index (χ3n) is 2.38. The van der Waals surface area contributed by atoms with Crippen LogP contribution >= 0.6 is 15.9 Å². The van der Waals surface area contributed by atoms with E-state index < -0.39 is 12.1 Å². The number of halogens is 1. The van der Waals surface area contributed by atoms with Gasteiger partial charge in [0.2, 0.25) is 6.10 Å². The van der Waals surface area contributed by atoms with Gasteiger partial charge in [0, 0.05) is 10.0 Å². The Balaban J connectivity index is 2.25. The topological polar surface area (TPSA) is 46.5 Å². The second-order valence-corrected chi connectivity index (χ2v) is 4.62. The summed E-state index contributed by atoms with van der Waals surface area (Å²) in [6.07, 6.45) is -1.000. The van der Waals surface area contributed by atoms with Gasteiger partial charge in [0.25, 0.3) is 0 Å². The molecular formula is C14H11BrO3. The molecule has 0 fully saturated rings. The normalized spacial score (nSPS) is 11.8. The number of carboxylic acid groups (broad SMARTS) is 1. The zero-order valence-electron chi connectivity index (χ0n) is 9.42. The van der Waals surface area contributed by atoms with Crippen LogP contribution in [0.2, 0.25) is 0 Å². The van der Waals surface area contributed by atoms with E-state index in [2.05, 4.69) is 15.9 Å². The summed E-state index contributed by atoms with van der Waals surface area (Å²) < 4.78 is 6.36. The molecule has 4 heteroatoms. The highest BCUT2D eigenvalue weighted by Crippen LogP contribution is 2.24. The summed E-state index contributed by atoms with van der Waals surface area (Å²) >= 11 is 3.32. The predicted molar refractivity (Wildman–Crippen MR) is 71.6 cm³/mol. The Labute approximate surface area is 113 Å². The predicted octanol–water partition coefficient (Wildman–Crippen LogP) is 3.65. The molecule has 0 aliphatic carbocycles. The fourth-order valence-electron chi connectivity index (χ4n) is 1.57. The molecule has 3 nitrogen and oxygen atoms in total. The van der Waals surface area contributed by atoms with Crippen molar-refractivity contribution in [1.82, 2.24) is 0 Å². The van der Waals surface area contributed by atoms with Crippen molar-refractivity contribution in [1.29, 1.82) is 0 Å². The van der Waals surface area contributed by atoms with Gasteiger partial charge in [-0.1, -0.05) is 52.3 Å². The van der Waals surface area contributed by atoms with Gasteiger partial charge < -0.3 is 9.84 Å². The molecule has 0 aliphatic rings. The van der Waals surface area contributed by atoms with Gasteiger partial charge in [-0.2, -0.15) is 0 Å². The summed E-state index contributed by atoms with van der Waals surface area (Å²) in [4.78, 5) is 11.3. The molecule has 0 bridgehead atoms. The van der Waals surface area contributed by atoms with Gasteiger partial charge in [-0.3, -0.25) is 0 Å². The van der Waals surface area contributed by atoms with Crippen molar-refractivity contribution >= 4 is 21.9 Å². The fraction of sp³-hybridized carbons (Fsp3) is 0.0714. The van der Waals surface area contributed by atoms with Gasteiger partial charge in [-0.25, -0.2) is 4.79 Å². The quantitative estimate of drug-likeness (QED) is 0.938. The maximum Gasteiger partial charge on any atom is 0.349 e. The molecule has 1 N–H and O–H groups in total. The molecule has 92 valence electrons. The average Bonchev–Trinajstić information content (AvgIpc) is 2.37. The molecule has 0 heterocycles. The lowest BCUT2D eigenvalue weighted by Gasteiger charge is -2.15. The largest absolute Gasteiger partial charge is 0.478 e. The van der Waals surface area contributed by atoms with Crippen LogP contribution in [0.3, 0.4) is 0 Å². The minimum absolute atomic E-state index is 0.514. The summed E-state index contributed by atoms with van der Waals surface area (Å²) in [5.41, 5.74) is 0.616. The molecule has 0 saturated carbocycles. The highest BCUT2D eigenvalue weighted by atomic mass is 79.9. The zero-order chi connectivity index (χ0) is 13.0. The zero-order valence-corrected chi connectivity index (χ0v) is 11.0. The standard InChI is InChI=1S/C14H11BrO3/c15-11-7-4-8-12(9-11)18-13(14(16)17)10-5-2-1-3-6-10/h1-9,13H,(H,16,17)/t13-/m0/s1. The van der Waals surface area contributed by atoms with E-state index in [0.29, 0.717) is 11.3 Å². The molecule has 0 saturated heterocycles. The van der Waals surface area contributed by atoms with Gasteiger partial charge in [0.15, 0.2) is 0 Å². The molecule has 0 radical (unpaired) electrons. The Morgan fingerprint density at radius 1 is 1.11 bits per heavy atom. The van der Waals surface area contributed by atoms with Crippen LogP contribution in [0.1, 0.15) is 11.7 Å². The third kappa shape index (κ3) is 3.11. The van der Waals surface area contributed by atoms with Gasteiger partial charge in [0.05, 0.1) is 0 Å². The lowest BCUT2D eigenvalue weighted by molar-refractivity contribution is -0.145. The van der Waals surface area contributed by atoms with Crippen LogP contribution in [-0.2, 0) is 4.79 Å². The molecule has 1 atom stereocenters. The Bertz CT molecular complexity index is 540. The Morgan fingerprint density at radius 3 is 2.44 bits per heavy atom. The molecule has 0 unspecified atom stereocenters. The van der Waals surface area contributed by atoms with Crippen molar-refractivity contribution in [3.63, 3.8) is 0 Å². The summed E-state index contributed by atoms with van der Waals surface area (Å²) in [7, 11) is 0. The molecule has 2 rings (SSSR count). The van der Waals surface area contributed by atoms with Crippen LogP contribution < -0.4 is 4.74 Å². The summed E-state index contributed by atoms with van der Waals surface area (Å²) in [5, 5.41) is 9.22. The van der Waals surface area contributed by atoms with E-state index in [1.54, 1.807) is 42.5 Å². The summed E-state index contributed by atoms with van der Waals surface area (Å²) in [6.45, 7) is 0. The first-order valence-corrected chi connectivity index (χ1v) is 6.16. The first kappa shape index (κ1) is 12.6. The molecule has 0 aliphatic heterocycles. The van der Waals surface area contributed by atoms with Crippen molar-refractivity contribution < 1.29 is 14.6 Å². The molecule has 2 aromatic rings. The number of carboxylic acids is 1. The summed E-state index contributed by atoms with van der Waals surface area (Å²) in [6, 6.07) is 16.0. The van der Waals surface area contributed by atoms with Crippen molar-refractivity contribution in [3.8, 4) is 5.75 Å². The number of hydrogen-bond donors (Lipinski definition) is 1. The van der Waals surface area contributed by atoms with Crippen LogP contribution in [0.4, 0.5) is 0 Å². The van der Waals surface area contributed by atoms with Crippen molar-refractivity contribution in [2.24, 2.45) is 0 Å². The maximum atomic E-state index is 11.3. The van der Waals surface area contributed by atoms with Gasteiger partial charge in [-0.15, -0.1) is 0 Å². The third-order valence-corrected chi connectivity index (χ3v) is 2.87. The molecule has 0 amide bonds. The molecule has 2 aromatic carbocycles. The molecule has 0 spiro atoms. The van der Waals surface area contributed by atoms with E-state index in [-0.39, 0.29) is 0 Å². The van der Waals surface area contributed by atoms with E-state index in [0.717, 1.165) is 4.47 Å². The second kappa shape index (κ2) is 5.69. The highest BCUT2D eigenvalue weighted by Gasteiger charge is 2.21. The minimum Gasteiger partial charge on any atom is -0.478 e. The van der Waals surface area contributed by atoms with Crippen molar-refractivity contribution in [2.75, 3.05) is 0 Å². The highest BCUT2D eigenvalue weighted by molar-refractivity contribution is 9.10.